The van der Waals surface area contributed by atoms with Crippen molar-refractivity contribution in [1.82, 2.24) is 19.4 Å². The molecule has 3 aromatic rings. The number of amides is 2. The van der Waals surface area contributed by atoms with E-state index in [-0.39, 0.29) is 35.7 Å². The molecule has 8 heteroatoms. The fraction of sp³-hybridized carbons (Fsp3) is 0.375. The van der Waals surface area contributed by atoms with Crippen LogP contribution in [0.4, 0.5) is 4.39 Å². The first-order valence-corrected chi connectivity index (χ1v) is 11.0. The normalized spacial score (nSPS) is 14.6. The first-order valence-electron chi connectivity index (χ1n) is 11.0. The van der Waals surface area contributed by atoms with Crippen LogP contribution in [0.3, 0.4) is 0 Å². The van der Waals surface area contributed by atoms with Gasteiger partial charge in [0.25, 0.3) is 5.91 Å². The van der Waals surface area contributed by atoms with Crippen molar-refractivity contribution in [3.63, 3.8) is 0 Å². The number of aryl methyl sites for hydroxylation is 1. The highest BCUT2D eigenvalue weighted by Crippen LogP contribution is 2.17. The van der Waals surface area contributed by atoms with Crippen LogP contribution in [0.2, 0.25) is 0 Å². The topological polar surface area (TPSA) is 76.3 Å². The summed E-state index contributed by atoms with van der Waals surface area (Å²) in [6, 6.07) is 13.3. The van der Waals surface area contributed by atoms with Crippen LogP contribution in [0.5, 0.6) is 0 Å². The first kappa shape index (κ1) is 21.8. The van der Waals surface area contributed by atoms with Crippen molar-refractivity contribution in [3.8, 4) is 0 Å². The van der Waals surface area contributed by atoms with Crippen molar-refractivity contribution in [2.45, 2.75) is 45.3 Å². The predicted octanol–water partition coefficient (Wildman–Crippen LogP) is 2.77. The van der Waals surface area contributed by atoms with Gasteiger partial charge in [-0.25, -0.2) is 9.18 Å². The molecule has 2 amide bonds. The number of carbonyl (C=O) groups is 2. The predicted molar refractivity (Wildman–Crippen MR) is 120 cm³/mol. The van der Waals surface area contributed by atoms with E-state index >= 15 is 0 Å². The van der Waals surface area contributed by atoms with Crippen molar-refractivity contribution < 1.29 is 14.0 Å². The molecule has 1 fully saturated rings. The number of rotatable bonds is 6. The van der Waals surface area contributed by atoms with Gasteiger partial charge >= 0.3 is 5.69 Å². The Bertz CT molecular complexity index is 1190. The molecule has 1 N–H and O–H groups in total. The van der Waals surface area contributed by atoms with Crippen LogP contribution in [0.25, 0.3) is 11.0 Å². The maximum absolute atomic E-state index is 13.9. The van der Waals surface area contributed by atoms with E-state index in [2.05, 4.69) is 5.32 Å². The molecule has 0 spiro atoms. The van der Waals surface area contributed by atoms with E-state index in [9.17, 15) is 18.8 Å². The summed E-state index contributed by atoms with van der Waals surface area (Å²) >= 11 is 0. The lowest BCUT2D eigenvalue weighted by atomic mass is 10.0. The van der Waals surface area contributed by atoms with Crippen LogP contribution in [0.1, 0.15) is 36.5 Å². The third-order valence-electron chi connectivity index (χ3n) is 5.93. The summed E-state index contributed by atoms with van der Waals surface area (Å²) in [5.41, 5.74) is 1.45. The number of aromatic nitrogens is 2. The minimum atomic E-state index is -0.527. The van der Waals surface area contributed by atoms with Crippen molar-refractivity contribution in [1.29, 1.82) is 0 Å². The van der Waals surface area contributed by atoms with E-state index in [1.165, 1.54) is 16.7 Å². The summed E-state index contributed by atoms with van der Waals surface area (Å²) in [7, 11) is 0. The molecular formula is C24H27FN4O3. The van der Waals surface area contributed by atoms with Gasteiger partial charge in [0.05, 0.1) is 16.6 Å². The highest BCUT2D eigenvalue weighted by Gasteiger charge is 2.26. The third kappa shape index (κ3) is 4.30. The number of hydrogen-bond donors (Lipinski definition) is 1. The number of nitrogens with one attached hydrogen (secondary N) is 1. The lowest BCUT2D eigenvalue weighted by Gasteiger charge is -2.32. The number of piperidine rings is 1. The van der Waals surface area contributed by atoms with Gasteiger partial charge < -0.3 is 10.2 Å². The lowest BCUT2D eigenvalue weighted by Crippen LogP contribution is -2.47. The largest absolute Gasteiger partial charge is 0.352 e. The van der Waals surface area contributed by atoms with Crippen molar-refractivity contribution in [2.75, 3.05) is 13.1 Å². The van der Waals surface area contributed by atoms with E-state index in [1.54, 1.807) is 21.6 Å². The molecule has 0 bridgehead atoms. The second-order valence-electron chi connectivity index (χ2n) is 8.12. The Morgan fingerprint density at radius 1 is 1.00 bits per heavy atom. The average Bonchev–Trinajstić information content (AvgIpc) is 3.06. The molecule has 0 saturated carbocycles. The maximum Gasteiger partial charge on any atom is 0.329 e. The number of likely N-dealkylation sites (tertiary alicyclic amines) is 1. The third-order valence-corrected chi connectivity index (χ3v) is 5.93. The lowest BCUT2D eigenvalue weighted by molar-refractivity contribution is -0.122. The number of nitrogens with zero attached hydrogens (tertiary/aromatic N) is 3. The average molecular weight is 439 g/mol. The van der Waals surface area contributed by atoms with Crippen molar-refractivity contribution in [2.24, 2.45) is 0 Å². The Balaban J connectivity index is 1.38. The van der Waals surface area contributed by atoms with Gasteiger partial charge in [-0.1, -0.05) is 31.2 Å². The molecule has 0 radical (unpaired) electrons. The summed E-state index contributed by atoms with van der Waals surface area (Å²) in [6.07, 6.45) is 1.99. The molecule has 32 heavy (non-hydrogen) atoms. The molecule has 0 aliphatic carbocycles. The molecule has 0 atom stereocenters. The Hall–Kier alpha value is -3.42. The van der Waals surface area contributed by atoms with Gasteiger partial charge in [-0.3, -0.25) is 18.7 Å². The SMILES string of the molecule is CCCn1c(=O)n(CC(=O)NC2CCN(C(=O)c3ccccc3F)CC2)c2ccccc21. The molecule has 2 aromatic carbocycles. The van der Waals surface area contributed by atoms with E-state index in [4.69, 9.17) is 0 Å². The number of halogens is 1. The van der Waals surface area contributed by atoms with Gasteiger partial charge in [0.15, 0.2) is 0 Å². The van der Waals surface area contributed by atoms with Crippen LogP contribution in [0.15, 0.2) is 53.3 Å². The second-order valence-corrected chi connectivity index (χ2v) is 8.12. The molecule has 2 heterocycles. The zero-order valence-electron chi connectivity index (χ0n) is 18.1. The fourth-order valence-corrected chi connectivity index (χ4v) is 4.31. The van der Waals surface area contributed by atoms with Crippen LogP contribution >= 0.6 is 0 Å². The van der Waals surface area contributed by atoms with Crippen LogP contribution < -0.4 is 11.0 Å². The number of fused-ring (bicyclic) bond motifs is 1. The molecule has 0 unspecified atom stereocenters. The van der Waals surface area contributed by atoms with E-state index in [0.717, 1.165) is 17.5 Å². The quantitative estimate of drug-likeness (QED) is 0.643. The summed E-state index contributed by atoms with van der Waals surface area (Å²) < 4.78 is 17.1. The highest BCUT2D eigenvalue weighted by molar-refractivity contribution is 5.94. The van der Waals surface area contributed by atoms with Gasteiger partial charge in [0.1, 0.15) is 12.4 Å². The second kappa shape index (κ2) is 9.38. The summed E-state index contributed by atoms with van der Waals surface area (Å²) in [5, 5.41) is 2.99. The number of hydrogen-bond acceptors (Lipinski definition) is 3. The summed E-state index contributed by atoms with van der Waals surface area (Å²) in [6.45, 7) is 3.43. The number of para-hydroxylation sites is 2. The Labute approximate surface area is 185 Å². The molecule has 1 aliphatic rings. The maximum atomic E-state index is 13.9. The highest BCUT2D eigenvalue weighted by atomic mass is 19.1. The number of carbonyl (C=O) groups excluding carboxylic acids is 2. The minimum Gasteiger partial charge on any atom is -0.352 e. The van der Waals surface area contributed by atoms with Crippen LogP contribution in [-0.4, -0.2) is 45.0 Å². The van der Waals surface area contributed by atoms with E-state index < -0.39 is 5.82 Å². The van der Waals surface area contributed by atoms with Crippen molar-refractivity contribution >= 4 is 22.8 Å². The molecule has 1 aliphatic heterocycles. The Kier molecular flexibility index (Phi) is 6.39. The molecule has 1 saturated heterocycles. The first-order chi connectivity index (χ1) is 15.5. The van der Waals surface area contributed by atoms with Gasteiger partial charge in [-0.15, -0.1) is 0 Å². The smallest absolute Gasteiger partial charge is 0.329 e. The molecular weight excluding hydrogens is 411 g/mol. The monoisotopic (exact) mass is 438 g/mol. The zero-order valence-corrected chi connectivity index (χ0v) is 18.1. The number of benzene rings is 2. The standard InChI is InChI=1S/C24H27FN4O3/c1-2-13-28-20-9-5-6-10-21(20)29(24(28)32)16-22(30)26-17-11-14-27(15-12-17)23(31)18-7-3-4-8-19(18)25/h3-10,17H,2,11-16H2,1H3,(H,26,30). The van der Waals surface area contributed by atoms with Crippen molar-refractivity contribution in [3.05, 3.63) is 70.4 Å². The van der Waals surface area contributed by atoms with Gasteiger partial charge in [-0.05, 0) is 43.5 Å². The van der Waals surface area contributed by atoms with E-state index in [0.29, 0.717) is 32.5 Å². The van der Waals surface area contributed by atoms with E-state index in [1.807, 2.05) is 31.2 Å². The molecule has 7 nitrogen and oxygen atoms in total. The van der Waals surface area contributed by atoms with Crippen LogP contribution in [-0.2, 0) is 17.9 Å². The molecule has 168 valence electrons. The van der Waals surface area contributed by atoms with Gasteiger partial charge in [-0.2, -0.15) is 0 Å². The minimum absolute atomic E-state index is 0.0512. The number of imidazole rings is 1. The van der Waals surface area contributed by atoms with Gasteiger partial charge in [0, 0.05) is 25.7 Å². The van der Waals surface area contributed by atoms with Crippen LogP contribution in [0, 0.1) is 5.82 Å². The fourth-order valence-electron chi connectivity index (χ4n) is 4.31. The molecule has 1 aromatic heterocycles. The van der Waals surface area contributed by atoms with Gasteiger partial charge in [0.2, 0.25) is 5.91 Å². The Morgan fingerprint density at radius 2 is 1.62 bits per heavy atom. The molecule has 4 rings (SSSR count). The zero-order chi connectivity index (χ0) is 22.7. The summed E-state index contributed by atoms with van der Waals surface area (Å²) in [4.78, 5) is 39.8. The Morgan fingerprint density at radius 3 is 2.28 bits per heavy atom. The summed E-state index contributed by atoms with van der Waals surface area (Å²) in [5.74, 6) is -1.09.